The zero-order chi connectivity index (χ0) is 16.9. The van der Waals surface area contributed by atoms with Crippen LogP contribution in [0.1, 0.15) is 35.1 Å². The summed E-state index contributed by atoms with van der Waals surface area (Å²) >= 11 is 0. The van der Waals surface area contributed by atoms with Crippen molar-refractivity contribution in [3.05, 3.63) is 70.8 Å². The third kappa shape index (κ3) is 4.25. The van der Waals surface area contributed by atoms with Gasteiger partial charge in [-0.1, -0.05) is 48.5 Å². The van der Waals surface area contributed by atoms with Crippen LogP contribution >= 0.6 is 0 Å². The highest BCUT2D eigenvalue weighted by atomic mass is 16.2. The van der Waals surface area contributed by atoms with Gasteiger partial charge in [0.2, 0.25) is 5.91 Å². The van der Waals surface area contributed by atoms with Gasteiger partial charge in [-0.3, -0.25) is 4.79 Å². The van der Waals surface area contributed by atoms with Gasteiger partial charge in [0.1, 0.15) is 0 Å². The van der Waals surface area contributed by atoms with E-state index in [2.05, 4.69) is 67.3 Å². The second-order valence-electron chi connectivity index (χ2n) is 7.11. The van der Waals surface area contributed by atoms with Crippen LogP contribution in [0, 0.1) is 19.8 Å². The Morgan fingerprint density at radius 1 is 0.958 bits per heavy atom. The van der Waals surface area contributed by atoms with Crippen LogP contribution in [-0.4, -0.2) is 23.9 Å². The Labute approximate surface area is 145 Å². The van der Waals surface area contributed by atoms with Crippen LogP contribution in [0.15, 0.2) is 48.5 Å². The molecule has 0 N–H and O–H groups in total. The summed E-state index contributed by atoms with van der Waals surface area (Å²) in [6.07, 6.45) is 3.91. The predicted octanol–water partition coefficient (Wildman–Crippen LogP) is 4.33. The van der Waals surface area contributed by atoms with E-state index in [4.69, 9.17) is 0 Å². The number of nitrogens with zero attached hydrogens (tertiary/aromatic N) is 1. The molecule has 0 atom stereocenters. The van der Waals surface area contributed by atoms with Crippen molar-refractivity contribution in [1.29, 1.82) is 0 Å². The van der Waals surface area contributed by atoms with E-state index in [0.717, 1.165) is 37.9 Å². The molecule has 1 heterocycles. The molecule has 2 aromatic rings. The molecule has 1 saturated heterocycles. The summed E-state index contributed by atoms with van der Waals surface area (Å²) < 4.78 is 0. The van der Waals surface area contributed by atoms with Crippen LogP contribution in [0.25, 0.3) is 0 Å². The summed E-state index contributed by atoms with van der Waals surface area (Å²) in [5, 5.41) is 0. The Kier molecular flexibility index (Phi) is 5.34. The van der Waals surface area contributed by atoms with E-state index in [1.54, 1.807) is 0 Å². The summed E-state index contributed by atoms with van der Waals surface area (Å²) in [6, 6.07) is 17.0. The second-order valence-corrected chi connectivity index (χ2v) is 7.11. The van der Waals surface area contributed by atoms with Gasteiger partial charge < -0.3 is 4.90 Å². The molecule has 1 aliphatic rings. The molecule has 126 valence electrons. The summed E-state index contributed by atoms with van der Waals surface area (Å²) in [5.41, 5.74) is 5.10. The standard InChI is InChI=1S/C22H27NO/c1-17-8-9-21(14-18(17)2)16-22(24)23-12-10-20(11-13-23)15-19-6-4-3-5-7-19/h3-9,14,20H,10-13,15-16H2,1-2H3. The topological polar surface area (TPSA) is 20.3 Å². The average Bonchev–Trinajstić information content (AvgIpc) is 2.60. The molecule has 1 amide bonds. The van der Waals surface area contributed by atoms with Crippen molar-refractivity contribution in [3.8, 4) is 0 Å². The maximum Gasteiger partial charge on any atom is 0.226 e. The molecular formula is C22H27NO. The van der Waals surface area contributed by atoms with Gasteiger partial charge >= 0.3 is 0 Å². The zero-order valence-corrected chi connectivity index (χ0v) is 14.8. The van der Waals surface area contributed by atoms with E-state index in [9.17, 15) is 4.79 Å². The van der Waals surface area contributed by atoms with E-state index in [1.165, 1.54) is 16.7 Å². The molecule has 24 heavy (non-hydrogen) atoms. The lowest BCUT2D eigenvalue weighted by atomic mass is 9.90. The Hall–Kier alpha value is -2.09. The van der Waals surface area contributed by atoms with E-state index in [1.807, 2.05) is 0 Å². The van der Waals surface area contributed by atoms with Crippen LogP contribution < -0.4 is 0 Å². The predicted molar refractivity (Wildman–Crippen MR) is 99.1 cm³/mol. The molecule has 0 radical (unpaired) electrons. The average molecular weight is 321 g/mol. The highest BCUT2D eigenvalue weighted by Gasteiger charge is 2.23. The molecule has 0 saturated carbocycles. The van der Waals surface area contributed by atoms with Gasteiger partial charge in [0.05, 0.1) is 6.42 Å². The fraction of sp³-hybridized carbons (Fsp3) is 0.409. The summed E-state index contributed by atoms with van der Waals surface area (Å²) in [5.74, 6) is 0.981. The third-order valence-corrected chi connectivity index (χ3v) is 5.26. The number of likely N-dealkylation sites (tertiary alicyclic amines) is 1. The molecule has 0 aliphatic carbocycles. The summed E-state index contributed by atoms with van der Waals surface area (Å²) in [7, 11) is 0. The maximum absolute atomic E-state index is 12.6. The second kappa shape index (κ2) is 7.65. The van der Waals surface area contributed by atoms with Crippen LogP contribution in [0.5, 0.6) is 0 Å². The minimum absolute atomic E-state index is 0.274. The molecule has 0 unspecified atom stereocenters. The molecule has 1 aliphatic heterocycles. The number of rotatable bonds is 4. The Bertz CT molecular complexity index is 684. The van der Waals surface area contributed by atoms with E-state index in [0.29, 0.717) is 12.3 Å². The molecule has 0 spiro atoms. The minimum atomic E-state index is 0.274. The summed E-state index contributed by atoms with van der Waals surface area (Å²) in [4.78, 5) is 14.6. The lowest BCUT2D eigenvalue weighted by molar-refractivity contribution is -0.131. The maximum atomic E-state index is 12.6. The van der Waals surface area contributed by atoms with Crippen LogP contribution in [-0.2, 0) is 17.6 Å². The first-order valence-electron chi connectivity index (χ1n) is 8.99. The molecule has 2 nitrogen and oxygen atoms in total. The van der Waals surface area contributed by atoms with Crippen molar-refractivity contribution >= 4 is 5.91 Å². The third-order valence-electron chi connectivity index (χ3n) is 5.26. The van der Waals surface area contributed by atoms with Gasteiger partial charge in [-0.15, -0.1) is 0 Å². The van der Waals surface area contributed by atoms with Crippen molar-refractivity contribution in [2.75, 3.05) is 13.1 Å². The number of carbonyl (C=O) groups is 1. The van der Waals surface area contributed by atoms with Crippen molar-refractivity contribution < 1.29 is 4.79 Å². The van der Waals surface area contributed by atoms with Crippen molar-refractivity contribution in [1.82, 2.24) is 4.90 Å². The SMILES string of the molecule is Cc1ccc(CC(=O)N2CCC(Cc3ccccc3)CC2)cc1C. The number of piperidine rings is 1. The van der Waals surface area contributed by atoms with Gasteiger partial charge in [-0.05, 0) is 61.3 Å². The first-order chi connectivity index (χ1) is 11.6. The monoisotopic (exact) mass is 321 g/mol. The van der Waals surface area contributed by atoms with E-state index in [-0.39, 0.29) is 5.91 Å². The van der Waals surface area contributed by atoms with Gasteiger partial charge in [0.15, 0.2) is 0 Å². The van der Waals surface area contributed by atoms with Crippen molar-refractivity contribution in [2.24, 2.45) is 5.92 Å². The fourth-order valence-corrected chi connectivity index (χ4v) is 3.53. The van der Waals surface area contributed by atoms with Crippen molar-refractivity contribution in [3.63, 3.8) is 0 Å². The lowest BCUT2D eigenvalue weighted by Gasteiger charge is -2.32. The molecule has 1 fully saturated rings. The molecule has 3 rings (SSSR count). The fourth-order valence-electron chi connectivity index (χ4n) is 3.53. The Balaban J connectivity index is 1.50. The zero-order valence-electron chi connectivity index (χ0n) is 14.8. The number of amides is 1. The van der Waals surface area contributed by atoms with Crippen LogP contribution in [0.3, 0.4) is 0 Å². The first kappa shape index (κ1) is 16.8. The minimum Gasteiger partial charge on any atom is -0.342 e. The quantitative estimate of drug-likeness (QED) is 0.821. The molecule has 2 heteroatoms. The lowest BCUT2D eigenvalue weighted by Crippen LogP contribution is -2.39. The largest absolute Gasteiger partial charge is 0.342 e. The number of benzene rings is 2. The summed E-state index contributed by atoms with van der Waals surface area (Å²) in [6.45, 7) is 6.03. The normalized spacial score (nSPS) is 15.5. The van der Waals surface area contributed by atoms with Gasteiger partial charge in [0, 0.05) is 13.1 Å². The first-order valence-corrected chi connectivity index (χ1v) is 8.99. The number of aryl methyl sites for hydroxylation is 2. The molecular weight excluding hydrogens is 294 g/mol. The van der Waals surface area contributed by atoms with Crippen LogP contribution in [0.4, 0.5) is 0 Å². The molecule has 0 aromatic heterocycles. The number of hydrogen-bond acceptors (Lipinski definition) is 1. The van der Waals surface area contributed by atoms with E-state index < -0.39 is 0 Å². The molecule has 0 bridgehead atoms. The molecule has 2 aromatic carbocycles. The number of hydrogen-bond donors (Lipinski definition) is 0. The highest BCUT2D eigenvalue weighted by Crippen LogP contribution is 2.22. The van der Waals surface area contributed by atoms with Gasteiger partial charge in [0.25, 0.3) is 0 Å². The Morgan fingerprint density at radius 3 is 2.33 bits per heavy atom. The van der Waals surface area contributed by atoms with Crippen LogP contribution in [0.2, 0.25) is 0 Å². The Morgan fingerprint density at radius 2 is 1.67 bits per heavy atom. The van der Waals surface area contributed by atoms with E-state index >= 15 is 0 Å². The smallest absolute Gasteiger partial charge is 0.226 e. The number of carbonyl (C=O) groups excluding carboxylic acids is 1. The van der Waals surface area contributed by atoms with Crippen molar-refractivity contribution in [2.45, 2.75) is 39.5 Å². The highest BCUT2D eigenvalue weighted by molar-refractivity contribution is 5.79. The van der Waals surface area contributed by atoms with Gasteiger partial charge in [-0.2, -0.15) is 0 Å². The van der Waals surface area contributed by atoms with Gasteiger partial charge in [-0.25, -0.2) is 0 Å².